The number of aliphatic hydroxyl groups excluding tert-OH is 1. The molecule has 0 bridgehead atoms. The minimum atomic E-state index is -0.722. The molecule has 7 heteroatoms. The third kappa shape index (κ3) is 3.84. The monoisotopic (exact) mass is 339 g/mol. The Kier molecular flexibility index (Phi) is 4.76. The summed E-state index contributed by atoms with van der Waals surface area (Å²) in [6, 6.07) is 13.5. The number of nitro groups is 1. The number of hydrogen-bond donors (Lipinski definition) is 1. The molecule has 0 saturated heterocycles. The average molecular weight is 339 g/mol. The fraction of sp³-hybridized carbons (Fsp3) is 0.167. The Bertz CT molecular complexity index is 874. The van der Waals surface area contributed by atoms with E-state index >= 15 is 0 Å². The van der Waals surface area contributed by atoms with Gasteiger partial charge in [-0.2, -0.15) is 5.10 Å². The van der Waals surface area contributed by atoms with Crippen molar-refractivity contribution in [2.45, 2.75) is 12.6 Å². The third-order valence-electron chi connectivity index (χ3n) is 3.88. The summed E-state index contributed by atoms with van der Waals surface area (Å²) in [7, 11) is 1.58. The van der Waals surface area contributed by atoms with Crippen LogP contribution in [0, 0.1) is 10.1 Å². The highest BCUT2D eigenvalue weighted by atomic mass is 16.6. The van der Waals surface area contributed by atoms with Crippen LogP contribution in [0.25, 0.3) is 11.1 Å². The molecular formula is C18H17N3O4. The van der Waals surface area contributed by atoms with E-state index in [0.29, 0.717) is 12.3 Å². The van der Waals surface area contributed by atoms with E-state index in [1.54, 1.807) is 42.4 Å². The van der Waals surface area contributed by atoms with Crippen molar-refractivity contribution < 1.29 is 14.8 Å². The zero-order valence-corrected chi connectivity index (χ0v) is 13.6. The maximum Gasteiger partial charge on any atom is 0.269 e. The van der Waals surface area contributed by atoms with Gasteiger partial charge in [-0.1, -0.05) is 12.1 Å². The number of hydrogen-bond acceptors (Lipinski definition) is 5. The standard InChI is InChI=1S/C18H17N3O4/c1-25-17-4-2-3-14(9-17)18(22)12-20-11-15(10-19-20)13-5-7-16(8-6-13)21(23)24/h2-11,18,22H,12H2,1H3. The van der Waals surface area contributed by atoms with E-state index in [-0.39, 0.29) is 5.69 Å². The van der Waals surface area contributed by atoms with Gasteiger partial charge in [-0.25, -0.2) is 0 Å². The van der Waals surface area contributed by atoms with E-state index in [2.05, 4.69) is 5.10 Å². The second kappa shape index (κ2) is 7.14. The molecule has 25 heavy (non-hydrogen) atoms. The van der Waals surface area contributed by atoms with Gasteiger partial charge in [0, 0.05) is 23.9 Å². The van der Waals surface area contributed by atoms with Crippen LogP contribution >= 0.6 is 0 Å². The summed E-state index contributed by atoms with van der Waals surface area (Å²) in [5, 5.41) is 25.3. The maximum atomic E-state index is 10.7. The molecule has 3 rings (SSSR count). The Hall–Kier alpha value is -3.19. The summed E-state index contributed by atoms with van der Waals surface area (Å²) in [5.41, 5.74) is 2.44. The molecule has 0 aliphatic heterocycles. The molecule has 2 aromatic carbocycles. The van der Waals surface area contributed by atoms with Crippen LogP contribution in [0.3, 0.4) is 0 Å². The molecule has 1 atom stereocenters. The molecule has 7 nitrogen and oxygen atoms in total. The van der Waals surface area contributed by atoms with Crippen molar-refractivity contribution in [2.24, 2.45) is 0 Å². The van der Waals surface area contributed by atoms with Crippen molar-refractivity contribution in [3.63, 3.8) is 0 Å². The van der Waals surface area contributed by atoms with Crippen molar-refractivity contribution in [1.29, 1.82) is 0 Å². The summed E-state index contributed by atoms with van der Waals surface area (Å²) < 4.78 is 6.80. The molecule has 0 fully saturated rings. The van der Waals surface area contributed by atoms with Crippen LogP contribution in [0.2, 0.25) is 0 Å². The van der Waals surface area contributed by atoms with Crippen molar-refractivity contribution in [1.82, 2.24) is 9.78 Å². The first-order valence-electron chi connectivity index (χ1n) is 7.66. The van der Waals surface area contributed by atoms with Crippen molar-refractivity contribution >= 4 is 5.69 Å². The number of aromatic nitrogens is 2. The van der Waals surface area contributed by atoms with Crippen LogP contribution in [-0.4, -0.2) is 26.9 Å². The van der Waals surface area contributed by atoms with Gasteiger partial charge in [0.25, 0.3) is 5.69 Å². The zero-order chi connectivity index (χ0) is 17.8. The minimum absolute atomic E-state index is 0.0459. The second-order valence-corrected chi connectivity index (χ2v) is 5.55. The summed E-state index contributed by atoms with van der Waals surface area (Å²) in [6.45, 7) is 0.292. The maximum absolute atomic E-state index is 10.7. The molecule has 0 radical (unpaired) electrons. The number of ether oxygens (including phenoxy) is 1. The van der Waals surface area contributed by atoms with Crippen LogP contribution in [0.4, 0.5) is 5.69 Å². The van der Waals surface area contributed by atoms with Crippen LogP contribution < -0.4 is 4.74 Å². The molecule has 3 aromatic rings. The highest BCUT2D eigenvalue weighted by molar-refractivity contribution is 5.63. The summed E-state index contributed by atoms with van der Waals surface area (Å²) in [5.74, 6) is 0.684. The minimum Gasteiger partial charge on any atom is -0.497 e. The average Bonchev–Trinajstić information content (AvgIpc) is 3.10. The largest absolute Gasteiger partial charge is 0.497 e. The third-order valence-corrected chi connectivity index (χ3v) is 3.88. The van der Waals surface area contributed by atoms with Crippen LogP contribution in [0.15, 0.2) is 60.9 Å². The van der Waals surface area contributed by atoms with Gasteiger partial charge in [0.15, 0.2) is 0 Å². The number of nitrogens with zero attached hydrogens (tertiary/aromatic N) is 3. The zero-order valence-electron chi connectivity index (χ0n) is 13.6. The quantitative estimate of drug-likeness (QED) is 0.550. The highest BCUT2D eigenvalue weighted by Gasteiger charge is 2.11. The van der Waals surface area contributed by atoms with E-state index in [1.165, 1.54) is 12.1 Å². The topological polar surface area (TPSA) is 90.4 Å². The van der Waals surface area contributed by atoms with E-state index in [9.17, 15) is 15.2 Å². The van der Waals surface area contributed by atoms with Gasteiger partial charge < -0.3 is 9.84 Å². The summed E-state index contributed by atoms with van der Waals surface area (Å²) in [6.07, 6.45) is 2.74. The second-order valence-electron chi connectivity index (χ2n) is 5.55. The molecular weight excluding hydrogens is 322 g/mol. The predicted molar refractivity (Wildman–Crippen MR) is 92.3 cm³/mol. The smallest absolute Gasteiger partial charge is 0.269 e. The van der Waals surface area contributed by atoms with Crippen molar-refractivity contribution in [3.8, 4) is 16.9 Å². The number of rotatable bonds is 6. The molecule has 0 aliphatic rings. The molecule has 0 amide bonds. The lowest BCUT2D eigenvalue weighted by molar-refractivity contribution is -0.384. The van der Waals surface area contributed by atoms with E-state index in [0.717, 1.165) is 16.7 Å². The lowest BCUT2D eigenvalue weighted by Crippen LogP contribution is -2.09. The molecule has 1 unspecified atom stereocenters. The van der Waals surface area contributed by atoms with Gasteiger partial charge in [0.2, 0.25) is 0 Å². The lowest BCUT2D eigenvalue weighted by atomic mass is 10.1. The van der Waals surface area contributed by atoms with E-state index in [4.69, 9.17) is 4.74 Å². The molecule has 1 N–H and O–H groups in total. The number of non-ortho nitro benzene ring substituents is 1. The number of nitro benzene ring substituents is 1. The van der Waals surface area contributed by atoms with Gasteiger partial charge in [0.1, 0.15) is 5.75 Å². The van der Waals surface area contributed by atoms with Crippen LogP contribution in [0.1, 0.15) is 11.7 Å². The first-order chi connectivity index (χ1) is 12.1. The van der Waals surface area contributed by atoms with Gasteiger partial charge >= 0.3 is 0 Å². The Labute approximate surface area is 144 Å². The van der Waals surface area contributed by atoms with Gasteiger partial charge in [-0.15, -0.1) is 0 Å². The van der Waals surface area contributed by atoms with Gasteiger partial charge in [-0.3, -0.25) is 14.8 Å². The Morgan fingerprint density at radius 3 is 2.68 bits per heavy atom. The van der Waals surface area contributed by atoms with Gasteiger partial charge in [0.05, 0.1) is 30.9 Å². The fourth-order valence-corrected chi connectivity index (χ4v) is 2.52. The molecule has 128 valence electrons. The number of aliphatic hydroxyl groups is 1. The van der Waals surface area contributed by atoms with Gasteiger partial charge in [-0.05, 0) is 35.4 Å². The molecule has 1 aromatic heterocycles. The number of benzene rings is 2. The summed E-state index contributed by atoms with van der Waals surface area (Å²) >= 11 is 0. The normalized spacial score (nSPS) is 11.9. The lowest BCUT2D eigenvalue weighted by Gasteiger charge is -2.12. The van der Waals surface area contributed by atoms with Crippen LogP contribution in [-0.2, 0) is 6.54 Å². The SMILES string of the molecule is COc1cccc(C(O)Cn2cc(-c3ccc([N+](=O)[O-])cc3)cn2)c1. The first-order valence-corrected chi connectivity index (χ1v) is 7.66. The van der Waals surface area contributed by atoms with Crippen molar-refractivity contribution in [3.05, 3.63) is 76.6 Å². The Morgan fingerprint density at radius 1 is 1.24 bits per heavy atom. The number of methoxy groups -OCH3 is 1. The first kappa shape index (κ1) is 16.7. The molecule has 0 saturated carbocycles. The van der Waals surface area contributed by atoms with Crippen LogP contribution in [0.5, 0.6) is 5.75 Å². The summed E-state index contributed by atoms with van der Waals surface area (Å²) in [4.78, 5) is 10.3. The Morgan fingerprint density at radius 2 is 2.00 bits per heavy atom. The van der Waals surface area contributed by atoms with E-state index < -0.39 is 11.0 Å². The molecule has 0 spiro atoms. The molecule has 0 aliphatic carbocycles. The predicted octanol–water partition coefficient (Wildman–Crippen LogP) is 3.20. The highest BCUT2D eigenvalue weighted by Crippen LogP contribution is 2.24. The van der Waals surface area contributed by atoms with Crippen molar-refractivity contribution in [2.75, 3.05) is 7.11 Å². The fourth-order valence-electron chi connectivity index (χ4n) is 2.52. The molecule has 1 heterocycles. The van der Waals surface area contributed by atoms with E-state index in [1.807, 2.05) is 18.2 Å². The Balaban J connectivity index is 1.73.